The summed E-state index contributed by atoms with van der Waals surface area (Å²) < 4.78 is 1.87. The third-order valence-corrected chi connectivity index (χ3v) is 2.38. The summed E-state index contributed by atoms with van der Waals surface area (Å²) in [4.78, 5) is 0. The minimum atomic E-state index is 0.934. The second kappa shape index (κ2) is 6.26. The highest BCUT2D eigenvalue weighted by Gasteiger charge is 1.92. The van der Waals surface area contributed by atoms with Gasteiger partial charge < -0.3 is 0 Å². The zero-order valence-electron chi connectivity index (χ0n) is 6.98. The summed E-state index contributed by atoms with van der Waals surface area (Å²) in [6.07, 6.45) is 4.00. The van der Waals surface area contributed by atoms with Crippen LogP contribution in [-0.2, 0) is 0 Å². The van der Waals surface area contributed by atoms with Crippen molar-refractivity contribution >= 4 is 75.9 Å². The molecule has 14 heavy (non-hydrogen) atoms. The van der Waals surface area contributed by atoms with E-state index in [0.29, 0.717) is 0 Å². The maximum Gasteiger partial charge on any atom is 0.0610 e. The van der Waals surface area contributed by atoms with Gasteiger partial charge in [-0.3, -0.25) is 0 Å². The van der Waals surface area contributed by atoms with Gasteiger partial charge in [-0.15, -0.1) is 0 Å². The first-order chi connectivity index (χ1) is 6.58. The first kappa shape index (κ1) is 12.7. The fraction of sp³-hybridized carbons (Fsp3) is 0. The quantitative estimate of drug-likeness (QED) is 0.534. The lowest BCUT2D eigenvalue weighted by Gasteiger charge is -1.97. The number of hydrogen-bond donors (Lipinski definition) is 0. The highest BCUT2D eigenvalue weighted by molar-refractivity contribution is 9.28. The van der Waals surface area contributed by atoms with Crippen LogP contribution < -0.4 is 0 Å². The molecule has 0 nitrogen and oxygen atoms in total. The number of hydrogen-bond acceptors (Lipinski definition) is 0. The molecule has 0 bridgehead atoms. The number of rotatable bonds is 2. The lowest BCUT2D eigenvalue weighted by Crippen LogP contribution is -1.75. The Balaban J connectivity index is 3.01. The van der Waals surface area contributed by atoms with Crippen molar-refractivity contribution in [3.8, 4) is 0 Å². The third-order valence-electron chi connectivity index (χ3n) is 1.46. The van der Waals surface area contributed by atoms with Crippen LogP contribution in [0.4, 0.5) is 0 Å². The average molecular weight is 446 g/mol. The van der Waals surface area contributed by atoms with Crippen molar-refractivity contribution in [2.75, 3.05) is 0 Å². The molecule has 0 heterocycles. The van der Waals surface area contributed by atoms with Crippen molar-refractivity contribution in [3.05, 3.63) is 42.2 Å². The van der Waals surface area contributed by atoms with E-state index in [0.717, 1.165) is 17.9 Å². The van der Waals surface area contributed by atoms with E-state index in [1.165, 1.54) is 0 Å². The van der Waals surface area contributed by atoms with Gasteiger partial charge in [-0.2, -0.15) is 0 Å². The molecule has 0 spiro atoms. The normalized spacial score (nSPS) is 9.43. The van der Waals surface area contributed by atoms with Crippen molar-refractivity contribution < 1.29 is 0 Å². The van der Waals surface area contributed by atoms with E-state index in [-0.39, 0.29) is 0 Å². The molecule has 1 rings (SSSR count). The first-order valence-corrected chi connectivity index (χ1v) is 6.90. The van der Waals surface area contributed by atoms with Gasteiger partial charge in [-0.05, 0) is 93.1 Å². The molecule has 0 fully saturated rings. The van der Waals surface area contributed by atoms with Crippen molar-refractivity contribution in [1.29, 1.82) is 0 Å². The molecule has 0 N–H and O–H groups in total. The predicted octanol–water partition coefficient (Wildman–Crippen LogP) is 5.86. The van der Waals surface area contributed by atoms with Crippen molar-refractivity contribution in [2.45, 2.75) is 0 Å². The molecule has 0 aromatic heterocycles. The van der Waals surface area contributed by atoms with Crippen LogP contribution in [0.25, 0.3) is 12.2 Å². The van der Waals surface area contributed by atoms with Crippen LogP contribution in [0.2, 0.25) is 0 Å². The van der Waals surface area contributed by atoms with Gasteiger partial charge in [-0.1, -0.05) is 18.2 Å². The van der Waals surface area contributed by atoms with Crippen molar-refractivity contribution in [3.63, 3.8) is 0 Å². The molecule has 0 aliphatic carbocycles. The van der Waals surface area contributed by atoms with E-state index in [2.05, 4.69) is 69.8 Å². The van der Waals surface area contributed by atoms with Gasteiger partial charge in [0.25, 0.3) is 0 Å². The molecule has 0 amide bonds. The van der Waals surface area contributed by atoms with Gasteiger partial charge in [0.15, 0.2) is 0 Å². The molecule has 0 aliphatic rings. The van der Waals surface area contributed by atoms with Gasteiger partial charge in [-0.25, -0.2) is 0 Å². The van der Waals surface area contributed by atoms with Crippen LogP contribution in [0.1, 0.15) is 11.1 Å². The minimum Gasteiger partial charge on any atom is -0.0611 e. The van der Waals surface area contributed by atoms with Gasteiger partial charge >= 0.3 is 0 Å². The number of halogens is 4. The molecular weight excluding hydrogens is 440 g/mol. The lowest BCUT2D eigenvalue weighted by molar-refractivity contribution is 1.62. The van der Waals surface area contributed by atoms with Gasteiger partial charge in [0.05, 0.1) is 6.78 Å². The molecule has 0 radical (unpaired) electrons. The van der Waals surface area contributed by atoms with E-state index < -0.39 is 0 Å². The zero-order valence-corrected chi connectivity index (χ0v) is 13.3. The molecule has 1 aromatic rings. The van der Waals surface area contributed by atoms with E-state index in [1.54, 1.807) is 0 Å². The Hall–Kier alpha value is 0.620. The van der Waals surface area contributed by atoms with Crippen LogP contribution in [0.15, 0.2) is 31.0 Å². The van der Waals surface area contributed by atoms with E-state index in [9.17, 15) is 0 Å². The summed E-state index contributed by atoms with van der Waals surface area (Å²) >= 11 is 13.3. The van der Waals surface area contributed by atoms with E-state index in [4.69, 9.17) is 0 Å². The molecule has 0 saturated heterocycles. The molecule has 74 valence electrons. The Bertz CT molecular complexity index is 338. The topological polar surface area (TPSA) is 0 Å². The summed E-state index contributed by atoms with van der Waals surface area (Å²) in [5.74, 6) is 0. The SMILES string of the molecule is BrC(Br)=Cc1cccc(C=C(Br)Br)c1. The lowest BCUT2D eigenvalue weighted by atomic mass is 10.1. The Morgan fingerprint density at radius 1 is 0.857 bits per heavy atom. The zero-order chi connectivity index (χ0) is 10.6. The average Bonchev–Trinajstić information content (AvgIpc) is 2.01. The molecule has 0 saturated carbocycles. The van der Waals surface area contributed by atoms with E-state index in [1.807, 2.05) is 30.4 Å². The summed E-state index contributed by atoms with van der Waals surface area (Å²) in [5.41, 5.74) is 2.28. The monoisotopic (exact) mass is 442 g/mol. The maximum atomic E-state index is 3.33. The van der Waals surface area contributed by atoms with Crippen LogP contribution in [0, 0.1) is 0 Å². The Labute approximate surface area is 117 Å². The van der Waals surface area contributed by atoms with Crippen molar-refractivity contribution in [1.82, 2.24) is 0 Å². The van der Waals surface area contributed by atoms with E-state index >= 15 is 0 Å². The van der Waals surface area contributed by atoms with Gasteiger partial charge in [0, 0.05) is 0 Å². The molecule has 0 atom stereocenters. The largest absolute Gasteiger partial charge is 0.0611 e. The first-order valence-electron chi connectivity index (χ1n) is 3.73. The van der Waals surface area contributed by atoms with Gasteiger partial charge in [0.1, 0.15) is 0 Å². The summed E-state index contributed by atoms with van der Waals surface area (Å²) in [6.45, 7) is 0. The predicted molar refractivity (Wildman–Crippen MR) is 78.1 cm³/mol. The highest BCUT2D eigenvalue weighted by atomic mass is 79.9. The fourth-order valence-electron chi connectivity index (χ4n) is 0.991. The smallest absolute Gasteiger partial charge is 0.0610 e. The Morgan fingerprint density at radius 2 is 1.29 bits per heavy atom. The maximum absolute atomic E-state index is 3.33. The molecule has 1 aromatic carbocycles. The van der Waals surface area contributed by atoms with Crippen LogP contribution in [0.5, 0.6) is 0 Å². The van der Waals surface area contributed by atoms with Crippen molar-refractivity contribution in [2.24, 2.45) is 0 Å². The molecule has 0 unspecified atom stereocenters. The fourth-order valence-corrected chi connectivity index (χ4v) is 2.05. The Kier molecular flexibility index (Phi) is 5.67. The minimum absolute atomic E-state index is 0.934. The summed E-state index contributed by atoms with van der Waals surface area (Å²) in [5, 5.41) is 0. The summed E-state index contributed by atoms with van der Waals surface area (Å²) in [7, 11) is 0. The second-order valence-electron chi connectivity index (χ2n) is 2.54. The van der Waals surface area contributed by atoms with Gasteiger partial charge in [0.2, 0.25) is 0 Å². The van der Waals surface area contributed by atoms with Crippen LogP contribution >= 0.6 is 63.7 Å². The van der Waals surface area contributed by atoms with Crippen LogP contribution in [0.3, 0.4) is 0 Å². The molecule has 0 aliphatic heterocycles. The number of benzene rings is 1. The molecular formula is C10H6Br4. The van der Waals surface area contributed by atoms with Crippen LogP contribution in [-0.4, -0.2) is 0 Å². The molecule has 4 heteroatoms. The second-order valence-corrected chi connectivity index (χ2v) is 8.08. The third kappa shape index (κ3) is 4.91. The Morgan fingerprint density at radius 3 is 1.64 bits per heavy atom. The summed E-state index contributed by atoms with van der Waals surface area (Å²) in [6, 6.07) is 8.19. The standard InChI is InChI=1S/C10H6Br4/c11-9(12)5-7-2-1-3-8(4-7)6-10(13)14/h1-6H. The highest BCUT2D eigenvalue weighted by Crippen LogP contribution is 2.21.